The van der Waals surface area contributed by atoms with E-state index in [1.165, 1.54) is 17.6 Å². The molecule has 3 rings (SSSR count). The van der Waals surface area contributed by atoms with Crippen LogP contribution in [0.15, 0.2) is 23.7 Å². The Morgan fingerprint density at radius 2 is 2.35 bits per heavy atom. The maximum atomic E-state index is 11.7. The van der Waals surface area contributed by atoms with Gasteiger partial charge in [-0.1, -0.05) is 0 Å². The second-order valence-corrected chi connectivity index (χ2v) is 5.63. The van der Waals surface area contributed by atoms with E-state index in [1.807, 2.05) is 0 Å². The van der Waals surface area contributed by atoms with Crippen molar-refractivity contribution in [2.75, 3.05) is 24.3 Å². The molecule has 6 heteroatoms. The number of nitrogens with zero attached hydrogens (tertiary/aromatic N) is 2. The van der Waals surface area contributed by atoms with E-state index in [2.05, 4.69) is 21.3 Å². The number of anilines is 2. The van der Waals surface area contributed by atoms with Gasteiger partial charge in [0.05, 0.1) is 18.4 Å². The van der Waals surface area contributed by atoms with Crippen LogP contribution >= 0.6 is 11.3 Å². The summed E-state index contributed by atoms with van der Waals surface area (Å²) in [5, 5.41) is 2.11. The van der Waals surface area contributed by atoms with E-state index in [1.54, 1.807) is 23.6 Å². The molecular weight excluding hydrogens is 274 g/mol. The minimum atomic E-state index is -0.431. The number of rotatable bonds is 2. The number of thiophene rings is 1. The third kappa shape index (κ3) is 2.12. The summed E-state index contributed by atoms with van der Waals surface area (Å²) in [6.45, 7) is 1.63. The molecule has 0 saturated heterocycles. The van der Waals surface area contributed by atoms with Gasteiger partial charge >= 0.3 is 5.97 Å². The van der Waals surface area contributed by atoms with Crippen molar-refractivity contribution in [3.05, 3.63) is 39.7 Å². The minimum absolute atomic E-state index is 0.369. The lowest BCUT2D eigenvalue weighted by atomic mass is 10.1. The number of pyridine rings is 1. The Morgan fingerprint density at radius 3 is 3.15 bits per heavy atom. The summed E-state index contributed by atoms with van der Waals surface area (Å²) >= 11 is 1.79. The molecule has 0 aliphatic carbocycles. The third-order valence-electron chi connectivity index (χ3n) is 3.48. The zero-order valence-electron chi connectivity index (χ0n) is 11.1. The average molecular weight is 289 g/mol. The molecular formula is C14H15N3O2S. The minimum Gasteiger partial charge on any atom is -0.465 e. The van der Waals surface area contributed by atoms with E-state index in [0.717, 1.165) is 19.5 Å². The summed E-state index contributed by atoms with van der Waals surface area (Å²) in [6.07, 6.45) is 2.58. The van der Waals surface area contributed by atoms with Gasteiger partial charge in [0.2, 0.25) is 0 Å². The Hall–Kier alpha value is -2.08. The second kappa shape index (κ2) is 5.13. The number of esters is 1. The molecule has 0 fully saturated rings. The van der Waals surface area contributed by atoms with Gasteiger partial charge in [0.15, 0.2) is 5.82 Å². The molecule has 0 atom stereocenters. The summed E-state index contributed by atoms with van der Waals surface area (Å²) in [6, 6.07) is 3.72. The van der Waals surface area contributed by atoms with Gasteiger partial charge in [-0.25, -0.2) is 9.78 Å². The van der Waals surface area contributed by atoms with Gasteiger partial charge in [-0.2, -0.15) is 0 Å². The number of nitrogen functional groups attached to an aromatic ring is 1. The molecule has 2 aromatic rings. The van der Waals surface area contributed by atoms with E-state index < -0.39 is 5.97 Å². The van der Waals surface area contributed by atoms with Crippen molar-refractivity contribution in [2.24, 2.45) is 0 Å². The number of aromatic nitrogens is 1. The van der Waals surface area contributed by atoms with E-state index in [-0.39, 0.29) is 0 Å². The Morgan fingerprint density at radius 1 is 1.50 bits per heavy atom. The topological polar surface area (TPSA) is 68.5 Å². The van der Waals surface area contributed by atoms with Crippen LogP contribution in [0.5, 0.6) is 0 Å². The summed E-state index contributed by atoms with van der Waals surface area (Å²) in [5.41, 5.74) is 8.15. The number of hydrogen-bond acceptors (Lipinski definition) is 6. The zero-order valence-corrected chi connectivity index (χ0v) is 11.9. The molecule has 1 aliphatic heterocycles. The number of methoxy groups -OCH3 is 1. The molecule has 0 saturated carbocycles. The molecule has 0 radical (unpaired) electrons. The lowest BCUT2D eigenvalue weighted by Gasteiger charge is -2.29. The third-order valence-corrected chi connectivity index (χ3v) is 4.50. The molecule has 5 nitrogen and oxygen atoms in total. The normalized spacial score (nSPS) is 13.9. The van der Waals surface area contributed by atoms with Gasteiger partial charge < -0.3 is 15.4 Å². The molecule has 0 bridgehead atoms. The Balaban J connectivity index is 1.94. The average Bonchev–Trinajstić information content (AvgIpc) is 2.94. The highest BCUT2D eigenvalue weighted by molar-refractivity contribution is 7.10. The van der Waals surface area contributed by atoms with Gasteiger partial charge in [-0.3, -0.25) is 0 Å². The van der Waals surface area contributed by atoms with Crippen molar-refractivity contribution in [2.45, 2.75) is 13.0 Å². The van der Waals surface area contributed by atoms with E-state index in [0.29, 0.717) is 17.1 Å². The van der Waals surface area contributed by atoms with Crippen LogP contribution in [0, 0.1) is 0 Å². The van der Waals surface area contributed by atoms with Crippen LogP contribution in [0.1, 0.15) is 20.8 Å². The van der Waals surface area contributed by atoms with E-state index in [9.17, 15) is 4.79 Å². The molecule has 0 amide bonds. The molecule has 104 valence electrons. The first-order chi connectivity index (χ1) is 9.70. The Bertz CT molecular complexity index is 654. The van der Waals surface area contributed by atoms with Crippen molar-refractivity contribution in [3.63, 3.8) is 0 Å². The molecule has 2 aromatic heterocycles. The maximum absolute atomic E-state index is 11.7. The molecule has 1 aliphatic rings. The standard InChI is InChI=1S/C14H15N3O2S/c1-19-14(18)10-2-5-16-13(12(10)15)17-6-3-11-9(8-17)4-7-20-11/h2,4-5,7H,3,6,8,15H2,1H3. The van der Waals surface area contributed by atoms with Crippen LogP contribution in [-0.2, 0) is 17.7 Å². The first-order valence-electron chi connectivity index (χ1n) is 6.33. The SMILES string of the molecule is COC(=O)c1ccnc(N2CCc3sccc3C2)c1N. The number of nitrogens with two attached hydrogens (primary N) is 1. The van der Waals surface area contributed by atoms with Gasteiger partial charge in [0.1, 0.15) is 0 Å². The van der Waals surface area contributed by atoms with Gasteiger partial charge in [0, 0.05) is 24.2 Å². The van der Waals surface area contributed by atoms with Crippen LogP contribution in [-0.4, -0.2) is 24.6 Å². The molecule has 0 unspecified atom stereocenters. The predicted octanol–water partition coefficient (Wildman–Crippen LogP) is 2.07. The fourth-order valence-electron chi connectivity index (χ4n) is 2.43. The van der Waals surface area contributed by atoms with Gasteiger partial charge in [-0.05, 0) is 29.5 Å². The Labute approximate surface area is 121 Å². The quantitative estimate of drug-likeness (QED) is 0.857. The van der Waals surface area contributed by atoms with Gasteiger partial charge in [0.25, 0.3) is 0 Å². The molecule has 20 heavy (non-hydrogen) atoms. The first-order valence-corrected chi connectivity index (χ1v) is 7.21. The summed E-state index contributed by atoms with van der Waals surface area (Å²) in [4.78, 5) is 19.5. The highest BCUT2D eigenvalue weighted by atomic mass is 32.1. The number of fused-ring (bicyclic) bond motifs is 1. The molecule has 3 heterocycles. The fraction of sp³-hybridized carbons (Fsp3) is 0.286. The number of carbonyl (C=O) groups is 1. The highest BCUT2D eigenvalue weighted by Crippen LogP contribution is 2.31. The van der Waals surface area contributed by atoms with Crippen LogP contribution in [0.25, 0.3) is 0 Å². The van der Waals surface area contributed by atoms with Crippen LogP contribution in [0.4, 0.5) is 11.5 Å². The van der Waals surface area contributed by atoms with E-state index >= 15 is 0 Å². The van der Waals surface area contributed by atoms with Crippen molar-refractivity contribution >= 4 is 28.8 Å². The lowest BCUT2D eigenvalue weighted by molar-refractivity contribution is 0.0602. The molecule has 0 spiro atoms. The van der Waals surface area contributed by atoms with Crippen molar-refractivity contribution < 1.29 is 9.53 Å². The number of hydrogen-bond donors (Lipinski definition) is 1. The van der Waals surface area contributed by atoms with Crippen LogP contribution in [0.3, 0.4) is 0 Å². The first kappa shape index (κ1) is 12.9. The van der Waals surface area contributed by atoms with E-state index in [4.69, 9.17) is 10.5 Å². The van der Waals surface area contributed by atoms with Crippen molar-refractivity contribution in [1.29, 1.82) is 0 Å². The number of ether oxygens (including phenoxy) is 1. The largest absolute Gasteiger partial charge is 0.465 e. The molecule has 2 N–H and O–H groups in total. The van der Waals surface area contributed by atoms with Gasteiger partial charge in [-0.15, -0.1) is 11.3 Å². The summed E-state index contributed by atoms with van der Waals surface area (Å²) in [7, 11) is 1.35. The predicted molar refractivity (Wildman–Crippen MR) is 79.1 cm³/mol. The molecule has 0 aromatic carbocycles. The zero-order chi connectivity index (χ0) is 14.1. The lowest BCUT2D eigenvalue weighted by Crippen LogP contribution is -2.31. The van der Waals surface area contributed by atoms with Crippen LogP contribution in [0.2, 0.25) is 0 Å². The van der Waals surface area contributed by atoms with Crippen molar-refractivity contribution in [1.82, 2.24) is 4.98 Å². The second-order valence-electron chi connectivity index (χ2n) is 4.63. The smallest absolute Gasteiger partial charge is 0.340 e. The monoisotopic (exact) mass is 289 g/mol. The summed E-state index contributed by atoms with van der Waals surface area (Å²) < 4.78 is 4.74. The summed E-state index contributed by atoms with van der Waals surface area (Å²) in [5.74, 6) is 0.226. The van der Waals surface area contributed by atoms with Crippen LogP contribution < -0.4 is 10.6 Å². The fourth-order valence-corrected chi connectivity index (χ4v) is 3.32. The maximum Gasteiger partial charge on any atom is 0.340 e. The highest BCUT2D eigenvalue weighted by Gasteiger charge is 2.22. The van der Waals surface area contributed by atoms with Crippen molar-refractivity contribution in [3.8, 4) is 0 Å². The Kier molecular flexibility index (Phi) is 3.31. The number of carbonyl (C=O) groups excluding carboxylic acids is 1.